The van der Waals surface area contributed by atoms with Gasteiger partial charge in [-0.2, -0.15) is 9.30 Å². The summed E-state index contributed by atoms with van der Waals surface area (Å²) in [6, 6.07) is 4.64. The minimum Gasteiger partial charge on any atom is -0.497 e. The molecule has 1 aromatic heterocycles. The molecule has 4 N–H and O–H groups in total. The Bertz CT molecular complexity index is 1110. The fourth-order valence-corrected chi connectivity index (χ4v) is 5.75. The third-order valence-electron chi connectivity index (χ3n) is 5.55. The number of nitrogens with two attached hydrogens (primary N) is 2. The molecule has 0 spiro atoms. The van der Waals surface area contributed by atoms with Crippen molar-refractivity contribution >= 4 is 44.2 Å². The first-order valence-corrected chi connectivity index (χ1v) is 11.4. The van der Waals surface area contributed by atoms with Gasteiger partial charge in [0.2, 0.25) is 10.0 Å². The molecule has 1 aromatic carbocycles. The molecule has 1 heterocycles. The highest BCUT2D eigenvalue weighted by atomic mass is 35.5. The van der Waals surface area contributed by atoms with E-state index in [0.717, 1.165) is 12.8 Å². The van der Waals surface area contributed by atoms with Crippen LogP contribution in [-0.4, -0.2) is 42.9 Å². The number of aliphatic imine (C=N–C) groups is 1. The van der Waals surface area contributed by atoms with E-state index in [1.165, 1.54) is 22.6 Å². The number of likely N-dealkylation sites (N-methyl/N-ethyl adjacent to an activating group) is 1. The van der Waals surface area contributed by atoms with E-state index in [9.17, 15) is 8.42 Å². The van der Waals surface area contributed by atoms with Crippen molar-refractivity contribution in [2.45, 2.75) is 43.0 Å². The van der Waals surface area contributed by atoms with Gasteiger partial charge in [0, 0.05) is 24.0 Å². The SMILES string of the molecule is C=C(OCC)C1(N(C)S(=O)(=O)c2ccc3c(Cl)cnc(N=C(N)N)c3c2)CCCC1. The van der Waals surface area contributed by atoms with Gasteiger partial charge in [-0.25, -0.2) is 13.4 Å². The van der Waals surface area contributed by atoms with Gasteiger partial charge in [-0.05, 0) is 31.9 Å². The average Bonchev–Trinajstić information content (AvgIpc) is 3.20. The van der Waals surface area contributed by atoms with E-state index in [0.29, 0.717) is 41.0 Å². The van der Waals surface area contributed by atoms with E-state index in [4.69, 9.17) is 27.8 Å². The average molecular weight is 452 g/mol. The highest BCUT2D eigenvalue weighted by Crippen LogP contribution is 2.43. The molecule has 8 nitrogen and oxygen atoms in total. The summed E-state index contributed by atoms with van der Waals surface area (Å²) in [5, 5.41) is 1.41. The number of hydrogen-bond donors (Lipinski definition) is 2. The molecule has 2 aromatic rings. The fourth-order valence-electron chi connectivity index (χ4n) is 3.97. The largest absolute Gasteiger partial charge is 0.497 e. The number of aromatic nitrogens is 1. The van der Waals surface area contributed by atoms with Crippen LogP contribution >= 0.6 is 11.6 Å². The second-order valence-corrected chi connectivity index (χ2v) is 9.62. The first-order chi connectivity index (χ1) is 14.1. The maximum absolute atomic E-state index is 13.6. The van der Waals surface area contributed by atoms with Gasteiger partial charge in [0.25, 0.3) is 0 Å². The van der Waals surface area contributed by atoms with Crippen LogP contribution in [0.5, 0.6) is 0 Å². The first-order valence-electron chi connectivity index (χ1n) is 9.62. The molecule has 0 saturated heterocycles. The van der Waals surface area contributed by atoms with Crippen molar-refractivity contribution in [1.82, 2.24) is 9.29 Å². The quantitative estimate of drug-likeness (QED) is 0.378. The van der Waals surface area contributed by atoms with Crippen LogP contribution in [0.15, 0.2) is 46.6 Å². The van der Waals surface area contributed by atoms with Gasteiger partial charge in [-0.15, -0.1) is 0 Å². The zero-order chi connectivity index (χ0) is 22.1. The number of rotatable bonds is 7. The lowest BCUT2D eigenvalue weighted by molar-refractivity contribution is 0.123. The third kappa shape index (κ3) is 3.84. The molecule has 0 amide bonds. The number of ether oxygens (including phenoxy) is 1. The van der Waals surface area contributed by atoms with Crippen LogP contribution in [0.2, 0.25) is 5.02 Å². The number of benzene rings is 1. The van der Waals surface area contributed by atoms with Gasteiger partial charge < -0.3 is 16.2 Å². The number of guanidine groups is 1. The highest BCUT2D eigenvalue weighted by molar-refractivity contribution is 7.89. The van der Waals surface area contributed by atoms with Crippen LogP contribution in [0.1, 0.15) is 32.6 Å². The minimum atomic E-state index is -3.88. The topological polar surface area (TPSA) is 124 Å². The van der Waals surface area contributed by atoms with Gasteiger partial charge in [-0.1, -0.05) is 37.1 Å². The standard InChI is InChI=1S/C20H26ClN5O3S/c1-4-29-13(2)20(9-5-6-10-20)26(3)30(27,28)14-7-8-15-16(11-14)18(25-19(22)23)24-12-17(15)21/h7-8,11-12H,2,4-6,9-10H2,1,3H3,(H4,22,23,24,25). The minimum absolute atomic E-state index is 0.0872. The number of pyridine rings is 1. The summed E-state index contributed by atoms with van der Waals surface area (Å²) >= 11 is 6.24. The van der Waals surface area contributed by atoms with Gasteiger partial charge in [0.1, 0.15) is 5.76 Å². The molecule has 0 unspecified atom stereocenters. The zero-order valence-electron chi connectivity index (χ0n) is 17.1. The van der Waals surface area contributed by atoms with Crippen LogP contribution in [0.4, 0.5) is 5.82 Å². The predicted molar refractivity (Wildman–Crippen MR) is 119 cm³/mol. The number of sulfonamides is 1. The van der Waals surface area contributed by atoms with E-state index in [1.54, 1.807) is 13.1 Å². The monoisotopic (exact) mass is 451 g/mol. The Morgan fingerprint density at radius 1 is 1.33 bits per heavy atom. The van der Waals surface area contributed by atoms with E-state index in [1.807, 2.05) is 6.92 Å². The van der Waals surface area contributed by atoms with Crippen LogP contribution in [0, 0.1) is 0 Å². The summed E-state index contributed by atoms with van der Waals surface area (Å²) in [6.07, 6.45) is 4.53. The summed E-state index contributed by atoms with van der Waals surface area (Å²) in [4.78, 5) is 8.22. The van der Waals surface area contributed by atoms with Gasteiger partial charge in [-0.3, -0.25) is 0 Å². The normalized spacial score (nSPS) is 16.0. The summed E-state index contributed by atoms with van der Waals surface area (Å²) in [5.74, 6) is 0.484. The maximum Gasteiger partial charge on any atom is 0.243 e. The van der Waals surface area contributed by atoms with Gasteiger partial charge in [0.05, 0.1) is 22.1 Å². The molecule has 1 fully saturated rings. The van der Waals surface area contributed by atoms with Crippen molar-refractivity contribution < 1.29 is 13.2 Å². The first kappa shape index (κ1) is 22.3. The molecule has 3 rings (SSSR count). The molecular formula is C20H26ClN5O3S. The Hall–Kier alpha value is -2.36. The molecular weight excluding hydrogens is 426 g/mol. The van der Waals surface area contributed by atoms with Crippen molar-refractivity contribution in [3.05, 3.63) is 41.8 Å². The number of halogens is 1. The van der Waals surface area contributed by atoms with Crippen molar-refractivity contribution in [3.63, 3.8) is 0 Å². The van der Waals surface area contributed by atoms with Crippen molar-refractivity contribution in [1.29, 1.82) is 0 Å². The maximum atomic E-state index is 13.6. The second kappa shape index (κ2) is 8.41. The van der Waals surface area contributed by atoms with Gasteiger partial charge in [0.15, 0.2) is 11.8 Å². The Balaban J connectivity index is 2.13. The Morgan fingerprint density at radius 2 is 2.00 bits per heavy atom. The van der Waals surface area contributed by atoms with Crippen LogP contribution in [0.25, 0.3) is 10.8 Å². The lowest BCUT2D eigenvalue weighted by atomic mass is 9.96. The Morgan fingerprint density at radius 3 is 2.60 bits per heavy atom. The van der Waals surface area contributed by atoms with Crippen molar-refractivity contribution in [3.8, 4) is 0 Å². The van der Waals surface area contributed by atoms with Crippen molar-refractivity contribution in [2.75, 3.05) is 13.7 Å². The molecule has 0 radical (unpaired) electrons. The molecule has 0 aliphatic heterocycles. The smallest absolute Gasteiger partial charge is 0.243 e. The van der Waals surface area contributed by atoms with Gasteiger partial charge >= 0.3 is 0 Å². The fraction of sp³-hybridized carbons (Fsp3) is 0.400. The highest BCUT2D eigenvalue weighted by Gasteiger charge is 2.47. The van der Waals surface area contributed by atoms with E-state index in [-0.39, 0.29) is 16.7 Å². The van der Waals surface area contributed by atoms with Crippen LogP contribution in [0.3, 0.4) is 0 Å². The number of fused-ring (bicyclic) bond motifs is 1. The lowest BCUT2D eigenvalue weighted by Crippen LogP contribution is -2.49. The molecule has 0 bridgehead atoms. The molecule has 162 valence electrons. The summed E-state index contributed by atoms with van der Waals surface area (Å²) in [7, 11) is -2.31. The molecule has 1 aliphatic carbocycles. The van der Waals surface area contributed by atoms with Crippen LogP contribution in [-0.2, 0) is 14.8 Å². The van der Waals surface area contributed by atoms with E-state index >= 15 is 0 Å². The number of hydrogen-bond acceptors (Lipinski definition) is 5. The summed E-state index contributed by atoms with van der Waals surface area (Å²) in [6.45, 7) is 6.32. The predicted octanol–water partition coefficient (Wildman–Crippen LogP) is 3.28. The lowest BCUT2D eigenvalue weighted by Gasteiger charge is -2.38. The van der Waals surface area contributed by atoms with E-state index < -0.39 is 15.6 Å². The summed E-state index contributed by atoms with van der Waals surface area (Å²) < 4.78 is 34.2. The molecule has 1 aliphatic rings. The molecule has 30 heavy (non-hydrogen) atoms. The zero-order valence-corrected chi connectivity index (χ0v) is 18.6. The molecule has 10 heteroatoms. The van der Waals surface area contributed by atoms with E-state index in [2.05, 4.69) is 16.6 Å². The number of nitrogens with zero attached hydrogens (tertiary/aromatic N) is 3. The van der Waals surface area contributed by atoms with Crippen LogP contribution < -0.4 is 11.5 Å². The third-order valence-corrected chi connectivity index (χ3v) is 7.78. The summed E-state index contributed by atoms with van der Waals surface area (Å²) in [5.41, 5.74) is 10.2. The molecule has 1 saturated carbocycles. The Kier molecular flexibility index (Phi) is 6.26. The van der Waals surface area contributed by atoms with Crippen molar-refractivity contribution in [2.24, 2.45) is 16.5 Å². The second-order valence-electron chi connectivity index (χ2n) is 7.24. The molecule has 0 atom stereocenters. The Labute approximate surface area is 181 Å².